The molecule has 1 aromatic heterocycles. The molecule has 0 bridgehead atoms. The van der Waals surface area contributed by atoms with E-state index < -0.39 is 0 Å². The van der Waals surface area contributed by atoms with E-state index in [-0.39, 0.29) is 21.7 Å². The molecule has 0 saturated carbocycles. The summed E-state index contributed by atoms with van der Waals surface area (Å²) in [6.45, 7) is 22.0. The molecule has 0 amide bonds. The second kappa shape index (κ2) is 29.8. The van der Waals surface area contributed by atoms with Gasteiger partial charge in [0.25, 0.3) is 0 Å². The van der Waals surface area contributed by atoms with Crippen molar-refractivity contribution >= 4 is 0 Å². The largest absolute Gasteiger partial charge is 4.00 e. The van der Waals surface area contributed by atoms with Crippen LogP contribution in [-0.2, 0) is 21.7 Å². The molecular weight excluding hydrogens is 322 g/mol. The van der Waals surface area contributed by atoms with Gasteiger partial charge in [-0.2, -0.15) is 45.5 Å². The van der Waals surface area contributed by atoms with Crippen LogP contribution in [0.25, 0.3) is 16.0 Å². The number of aryl methyl sites for hydroxylation is 2. The van der Waals surface area contributed by atoms with Crippen LogP contribution in [0.2, 0.25) is 0 Å². The van der Waals surface area contributed by atoms with Gasteiger partial charge < -0.3 is 26.1 Å². The predicted octanol–water partition coefficient (Wildman–Crippen LogP) is 4.85. The third-order valence-corrected chi connectivity index (χ3v) is 2.37. The van der Waals surface area contributed by atoms with E-state index in [9.17, 15) is 0 Å². The van der Waals surface area contributed by atoms with Crippen molar-refractivity contribution in [3.8, 4) is 0 Å². The smallest absolute Gasteiger partial charge is 0.663 e. The van der Waals surface area contributed by atoms with Gasteiger partial charge in [0, 0.05) is 5.69 Å². The Hall–Kier alpha value is -0.196. The predicted molar refractivity (Wildman–Crippen MR) is 100 cm³/mol. The van der Waals surface area contributed by atoms with Crippen LogP contribution < -0.4 is 5.10 Å². The Kier molecular flexibility index (Phi) is 39.7. The minimum Gasteiger partial charge on any atom is -0.663 e. The first-order valence-electron chi connectivity index (χ1n) is 8.36. The van der Waals surface area contributed by atoms with Gasteiger partial charge in [0.2, 0.25) is 0 Å². The molecule has 0 fully saturated rings. The van der Waals surface area contributed by atoms with Crippen LogP contribution >= 0.6 is 0 Å². The van der Waals surface area contributed by atoms with Crippen LogP contribution in [0.3, 0.4) is 0 Å². The van der Waals surface area contributed by atoms with Crippen molar-refractivity contribution in [2.24, 2.45) is 0 Å². The molecule has 0 spiro atoms. The Bertz CT molecular complexity index is 243. The van der Waals surface area contributed by atoms with Gasteiger partial charge in [0.15, 0.2) is 0 Å². The average Bonchev–Trinajstić information content (AvgIpc) is 2.87. The fourth-order valence-electron chi connectivity index (χ4n) is 1.05. The molecule has 0 atom stereocenters. The molecule has 23 heavy (non-hydrogen) atoms. The van der Waals surface area contributed by atoms with Crippen LogP contribution in [0, 0.1) is 13.8 Å². The zero-order valence-electron chi connectivity index (χ0n) is 16.6. The molecule has 0 aliphatic heterocycles. The summed E-state index contributed by atoms with van der Waals surface area (Å²) in [5.41, 5.74) is 2.19. The van der Waals surface area contributed by atoms with Gasteiger partial charge in [-0.05, 0) is 13.8 Å². The monoisotopic (exact) mass is 359 g/mol. The van der Waals surface area contributed by atoms with Crippen molar-refractivity contribution in [3.63, 3.8) is 0 Å². The molecule has 0 N–H and O–H groups in total. The zero-order valence-corrected chi connectivity index (χ0v) is 18.1. The van der Waals surface area contributed by atoms with Crippen molar-refractivity contribution in [1.82, 2.24) is 10.2 Å². The molecular formula is C17H37N5Ti. The summed E-state index contributed by atoms with van der Waals surface area (Å²) in [6, 6.07) is 0. The van der Waals surface area contributed by atoms with Crippen LogP contribution in [0.5, 0.6) is 0 Å². The molecule has 6 heteroatoms. The Balaban J connectivity index is -0.000000105. The minimum absolute atomic E-state index is 0. The zero-order chi connectivity index (χ0) is 17.6. The molecule has 1 rings (SSSR count). The second-order valence-corrected chi connectivity index (χ2v) is 4.18. The Labute approximate surface area is 160 Å². The van der Waals surface area contributed by atoms with Gasteiger partial charge in [0.1, 0.15) is 0 Å². The summed E-state index contributed by atoms with van der Waals surface area (Å²) in [4.78, 5) is 0. The molecule has 0 aliphatic rings. The van der Waals surface area contributed by atoms with E-state index in [1.165, 1.54) is 5.56 Å². The molecule has 0 aliphatic carbocycles. The molecule has 0 saturated heterocycles. The molecule has 134 valence electrons. The van der Waals surface area contributed by atoms with E-state index in [1.54, 1.807) is 6.20 Å². The maximum absolute atomic E-state index is 3.97. The first-order valence-corrected chi connectivity index (χ1v) is 8.36. The van der Waals surface area contributed by atoms with Gasteiger partial charge in [-0.25, -0.2) is 0 Å². The standard InChI is InChI=1S/C5H7N2.3C4H10N.Ti/c1-4-3-6-7-5(4)2;3*1-3-5-4-2;/h3H,1-2H3;3*3-4H2,1-2H3;/q4*-1;+4. The summed E-state index contributed by atoms with van der Waals surface area (Å²) in [7, 11) is 0. The summed E-state index contributed by atoms with van der Waals surface area (Å²) in [5, 5.41) is 19.4. The fraction of sp³-hybridized carbons (Fsp3) is 0.824. The van der Waals surface area contributed by atoms with Crippen LogP contribution in [0.4, 0.5) is 0 Å². The Morgan fingerprint density at radius 3 is 1.09 bits per heavy atom. The van der Waals surface area contributed by atoms with Gasteiger partial charge in [-0.15, -0.1) is 0 Å². The summed E-state index contributed by atoms with van der Waals surface area (Å²) < 4.78 is 0. The molecule has 5 nitrogen and oxygen atoms in total. The number of hydrogen-bond acceptors (Lipinski definition) is 1. The first kappa shape index (κ1) is 30.7. The maximum atomic E-state index is 3.97. The molecule has 1 aromatic rings. The molecule has 0 aromatic carbocycles. The topological polar surface area (TPSA) is 69.3 Å². The SMILES string of the molecule is CC[N-]CC.CC[N-]CC.CC[N-]CC.Cc1c[n-]nc1C.[Ti+4]. The average molecular weight is 359 g/mol. The van der Waals surface area contributed by atoms with E-state index in [0.29, 0.717) is 0 Å². The van der Waals surface area contributed by atoms with Crippen molar-refractivity contribution < 1.29 is 21.7 Å². The summed E-state index contributed by atoms with van der Waals surface area (Å²) >= 11 is 0. The van der Waals surface area contributed by atoms with Gasteiger partial charge in [0.05, 0.1) is 0 Å². The fourth-order valence-corrected chi connectivity index (χ4v) is 1.05. The first-order chi connectivity index (χ1) is 10.5. The van der Waals surface area contributed by atoms with E-state index in [1.807, 2.05) is 55.4 Å². The van der Waals surface area contributed by atoms with Gasteiger partial charge in [-0.3, -0.25) is 0 Å². The summed E-state index contributed by atoms with van der Waals surface area (Å²) in [6.07, 6.45) is 1.76. The van der Waals surface area contributed by atoms with Crippen LogP contribution in [0.15, 0.2) is 6.20 Å². The molecule has 0 radical (unpaired) electrons. The number of nitrogens with zero attached hydrogens (tertiary/aromatic N) is 5. The van der Waals surface area contributed by atoms with Gasteiger partial charge in [-0.1, -0.05) is 47.1 Å². The minimum atomic E-state index is 0. The van der Waals surface area contributed by atoms with Crippen molar-refractivity contribution in [2.75, 3.05) is 39.3 Å². The second-order valence-electron chi connectivity index (χ2n) is 4.18. The van der Waals surface area contributed by atoms with E-state index in [2.05, 4.69) is 26.1 Å². The van der Waals surface area contributed by atoms with Crippen molar-refractivity contribution in [3.05, 3.63) is 33.4 Å². The number of rotatable bonds is 6. The Morgan fingerprint density at radius 2 is 1.04 bits per heavy atom. The Morgan fingerprint density at radius 1 is 0.739 bits per heavy atom. The van der Waals surface area contributed by atoms with Crippen molar-refractivity contribution in [2.45, 2.75) is 55.4 Å². The van der Waals surface area contributed by atoms with Crippen LogP contribution in [-0.4, -0.2) is 44.4 Å². The summed E-state index contributed by atoms with van der Waals surface area (Å²) in [5.74, 6) is 0. The van der Waals surface area contributed by atoms with Crippen LogP contribution in [0.1, 0.15) is 52.8 Å². The third kappa shape index (κ3) is 34.2. The van der Waals surface area contributed by atoms with Gasteiger partial charge >= 0.3 is 21.7 Å². The van der Waals surface area contributed by atoms with E-state index in [0.717, 1.165) is 45.0 Å². The van der Waals surface area contributed by atoms with Crippen molar-refractivity contribution in [1.29, 1.82) is 0 Å². The number of hydrogen-bond donors (Lipinski definition) is 0. The normalized spacial score (nSPS) is 8.35. The number of aromatic nitrogens is 2. The quantitative estimate of drug-likeness (QED) is 0.681. The molecule has 1 heterocycles. The van der Waals surface area contributed by atoms with E-state index >= 15 is 0 Å². The van der Waals surface area contributed by atoms with E-state index in [4.69, 9.17) is 0 Å². The third-order valence-electron chi connectivity index (χ3n) is 2.37. The maximum Gasteiger partial charge on any atom is 4.00 e. The molecule has 0 unspecified atom stereocenters.